The van der Waals surface area contributed by atoms with Crippen molar-refractivity contribution in [3.63, 3.8) is 0 Å². The maximum absolute atomic E-state index is 13.2. The Balaban J connectivity index is 1.58. The molecule has 9 heteroatoms. The predicted octanol–water partition coefficient (Wildman–Crippen LogP) is 4.39. The Bertz CT molecular complexity index is 1290. The van der Waals surface area contributed by atoms with E-state index in [0.29, 0.717) is 23.7 Å². The molecule has 0 aliphatic carbocycles. The number of aromatic nitrogens is 3. The molecule has 0 bridgehead atoms. The molecule has 0 aliphatic rings. The van der Waals surface area contributed by atoms with Crippen LogP contribution in [0.3, 0.4) is 0 Å². The number of thiazole rings is 1. The summed E-state index contributed by atoms with van der Waals surface area (Å²) in [6.45, 7) is 6.12. The molecule has 0 fully saturated rings. The largest absolute Gasteiger partial charge is 0.468 e. The van der Waals surface area contributed by atoms with Gasteiger partial charge in [0.1, 0.15) is 15.7 Å². The number of benzene rings is 1. The first-order valence-electron chi connectivity index (χ1n) is 9.80. The Kier molecular flexibility index (Phi) is 5.83. The molecule has 0 spiro atoms. The van der Waals surface area contributed by atoms with Gasteiger partial charge in [-0.2, -0.15) is 9.40 Å². The Morgan fingerprint density at radius 3 is 2.55 bits per heavy atom. The molecule has 4 rings (SSSR count). The minimum absolute atomic E-state index is 0.158. The van der Waals surface area contributed by atoms with E-state index in [1.54, 1.807) is 49.0 Å². The van der Waals surface area contributed by atoms with Gasteiger partial charge in [0.25, 0.3) is 0 Å². The van der Waals surface area contributed by atoms with Crippen LogP contribution in [0, 0.1) is 20.8 Å². The topological polar surface area (TPSA) is 81.2 Å². The number of sulfonamides is 1. The van der Waals surface area contributed by atoms with Crippen LogP contribution in [0.5, 0.6) is 0 Å². The van der Waals surface area contributed by atoms with E-state index in [9.17, 15) is 8.42 Å². The van der Waals surface area contributed by atoms with Gasteiger partial charge in [0.15, 0.2) is 0 Å². The normalized spacial score (nSPS) is 12.0. The average Bonchev–Trinajstić information content (AvgIpc) is 3.45. The van der Waals surface area contributed by atoms with Gasteiger partial charge in [-0.3, -0.25) is 4.68 Å². The third-order valence-corrected chi connectivity index (χ3v) is 8.10. The van der Waals surface area contributed by atoms with Gasteiger partial charge in [-0.1, -0.05) is 29.8 Å². The predicted molar refractivity (Wildman–Crippen MR) is 120 cm³/mol. The first-order valence-corrected chi connectivity index (χ1v) is 12.1. The molecule has 0 radical (unpaired) electrons. The van der Waals surface area contributed by atoms with Crippen molar-refractivity contribution < 1.29 is 12.8 Å². The highest BCUT2D eigenvalue weighted by molar-refractivity contribution is 7.89. The summed E-state index contributed by atoms with van der Waals surface area (Å²) in [6, 6.07) is 11.7. The fraction of sp³-hybridized carbons (Fsp3) is 0.273. The van der Waals surface area contributed by atoms with Crippen molar-refractivity contribution in [2.75, 3.05) is 7.05 Å². The van der Waals surface area contributed by atoms with Gasteiger partial charge in [-0.15, -0.1) is 11.3 Å². The number of aryl methyl sites for hydroxylation is 2. The second kappa shape index (κ2) is 8.41. The molecule has 4 aromatic rings. The summed E-state index contributed by atoms with van der Waals surface area (Å²) in [5, 5.41) is 7.42. The van der Waals surface area contributed by atoms with Crippen molar-refractivity contribution in [3.05, 3.63) is 76.4 Å². The van der Waals surface area contributed by atoms with Crippen LogP contribution in [0.1, 0.15) is 28.4 Å². The lowest BCUT2D eigenvalue weighted by Crippen LogP contribution is -2.27. The molecule has 0 unspecified atom stereocenters. The highest BCUT2D eigenvalue weighted by atomic mass is 32.2. The fourth-order valence-electron chi connectivity index (χ4n) is 3.43. The molecule has 0 amide bonds. The van der Waals surface area contributed by atoms with E-state index in [1.165, 1.54) is 16.1 Å². The van der Waals surface area contributed by atoms with Gasteiger partial charge in [-0.25, -0.2) is 13.4 Å². The highest BCUT2D eigenvalue weighted by Crippen LogP contribution is 2.27. The van der Waals surface area contributed by atoms with Gasteiger partial charge in [-0.05, 0) is 32.9 Å². The summed E-state index contributed by atoms with van der Waals surface area (Å²) in [5.74, 6) is 0.583. The van der Waals surface area contributed by atoms with Gasteiger partial charge in [0.2, 0.25) is 10.0 Å². The highest BCUT2D eigenvalue weighted by Gasteiger charge is 2.29. The Labute approximate surface area is 186 Å². The van der Waals surface area contributed by atoms with Crippen LogP contribution in [-0.4, -0.2) is 34.5 Å². The second-order valence-electron chi connectivity index (χ2n) is 7.51. The SMILES string of the molecule is Cc1ccc(-c2nc(Cn3nc(C)c(S(=O)(=O)N(C)Cc4ccco4)c3C)cs2)cc1. The van der Waals surface area contributed by atoms with Crippen LogP contribution < -0.4 is 0 Å². The molecule has 3 heterocycles. The summed E-state index contributed by atoms with van der Waals surface area (Å²) in [4.78, 5) is 4.95. The lowest BCUT2D eigenvalue weighted by atomic mass is 10.2. The summed E-state index contributed by atoms with van der Waals surface area (Å²) in [6.07, 6.45) is 1.53. The third-order valence-electron chi connectivity index (χ3n) is 5.10. The molecule has 162 valence electrons. The Morgan fingerprint density at radius 1 is 1.13 bits per heavy atom. The summed E-state index contributed by atoms with van der Waals surface area (Å²) >= 11 is 1.57. The van der Waals surface area contributed by atoms with Crippen LogP contribution in [0.2, 0.25) is 0 Å². The summed E-state index contributed by atoms with van der Waals surface area (Å²) in [7, 11) is -2.17. The first kappa shape index (κ1) is 21.5. The lowest BCUT2D eigenvalue weighted by Gasteiger charge is -2.16. The van der Waals surface area contributed by atoms with Crippen LogP contribution in [-0.2, 0) is 23.1 Å². The summed E-state index contributed by atoms with van der Waals surface area (Å²) in [5.41, 5.74) is 4.18. The zero-order valence-electron chi connectivity index (χ0n) is 17.9. The van der Waals surface area contributed by atoms with Crippen LogP contribution >= 0.6 is 11.3 Å². The molecule has 0 aliphatic heterocycles. The van der Waals surface area contributed by atoms with E-state index >= 15 is 0 Å². The smallest absolute Gasteiger partial charge is 0.246 e. The number of rotatable bonds is 7. The van der Waals surface area contributed by atoms with Crippen LogP contribution in [0.15, 0.2) is 57.4 Å². The Morgan fingerprint density at radius 2 is 1.87 bits per heavy atom. The minimum Gasteiger partial charge on any atom is -0.468 e. The van der Waals surface area contributed by atoms with E-state index in [2.05, 4.69) is 36.3 Å². The number of hydrogen-bond acceptors (Lipinski definition) is 6. The van der Waals surface area contributed by atoms with Crippen molar-refractivity contribution in [2.45, 2.75) is 38.8 Å². The van der Waals surface area contributed by atoms with Crippen molar-refractivity contribution in [3.8, 4) is 10.6 Å². The molecular formula is C22H24N4O3S2. The van der Waals surface area contributed by atoms with Gasteiger partial charge < -0.3 is 4.42 Å². The van der Waals surface area contributed by atoms with Crippen molar-refractivity contribution in [1.82, 2.24) is 19.1 Å². The molecule has 0 saturated carbocycles. The van der Waals surface area contributed by atoms with Crippen molar-refractivity contribution >= 4 is 21.4 Å². The zero-order valence-corrected chi connectivity index (χ0v) is 19.5. The van der Waals surface area contributed by atoms with Crippen molar-refractivity contribution in [2.24, 2.45) is 0 Å². The van der Waals surface area contributed by atoms with Crippen LogP contribution in [0.25, 0.3) is 10.6 Å². The zero-order chi connectivity index (χ0) is 22.2. The van der Waals surface area contributed by atoms with Gasteiger partial charge >= 0.3 is 0 Å². The van der Waals surface area contributed by atoms with E-state index in [0.717, 1.165) is 16.3 Å². The molecule has 1 aromatic carbocycles. The lowest BCUT2D eigenvalue weighted by molar-refractivity contribution is 0.406. The number of furan rings is 1. The number of hydrogen-bond donors (Lipinski definition) is 0. The van der Waals surface area contributed by atoms with E-state index in [1.807, 2.05) is 5.38 Å². The standard InChI is InChI=1S/C22H24N4O3S2/c1-15-7-9-18(10-8-15)22-23-19(14-30-22)12-26-17(3)21(16(2)24-26)31(27,28)25(4)13-20-6-5-11-29-20/h5-11,14H,12-13H2,1-4H3. The Hall–Kier alpha value is -2.75. The maximum Gasteiger partial charge on any atom is 0.246 e. The minimum atomic E-state index is -3.72. The monoisotopic (exact) mass is 456 g/mol. The quantitative estimate of drug-likeness (QED) is 0.412. The fourth-order valence-corrected chi connectivity index (χ4v) is 5.75. The average molecular weight is 457 g/mol. The first-order chi connectivity index (χ1) is 14.8. The number of nitrogens with zero attached hydrogens (tertiary/aromatic N) is 4. The van der Waals surface area contributed by atoms with E-state index in [-0.39, 0.29) is 11.4 Å². The van der Waals surface area contributed by atoms with E-state index < -0.39 is 10.0 Å². The van der Waals surface area contributed by atoms with Gasteiger partial charge in [0, 0.05) is 18.0 Å². The molecule has 31 heavy (non-hydrogen) atoms. The molecule has 0 saturated heterocycles. The maximum atomic E-state index is 13.2. The van der Waals surface area contributed by atoms with Crippen LogP contribution in [0.4, 0.5) is 0 Å². The molecule has 0 atom stereocenters. The molecular weight excluding hydrogens is 432 g/mol. The second-order valence-corrected chi connectivity index (χ2v) is 10.3. The molecule has 3 aromatic heterocycles. The van der Waals surface area contributed by atoms with Gasteiger partial charge in [0.05, 0.1) is 36.4 Å². The van der Waals surface area contributed by atoms with E-state index in [4.69, 9.17) is 9.40 Å². The third kappa shape index (κ3) is 4.34. The molecule has 7 nitrogen and oxygen atoms in total. The molecule has 0 N–H and O–H groups in total. The van der Waals surface area contributed by atoms with Crippen molar-refractivity contribution in [1.29, 1.82) is 0 Å². The summed E-state index contributed by atoms with van der Waals surface area (Å²) < 4.78 is 34.7.